The molecule has 1 aromatic rings. The number of hydrogen-bond donors (Lipinski definition) is 3. The summed E-state index contributed by atoms with van der Waals surface area (Å²) in [5.41, 5.74) is 3.19. The van der Waals surface area contributed by atoms with E-state index in [4.69, 9.17) is 5.21 Å². The minimum Gasteiger partial charge on any atom is -0.344 e. The number of benzene rings is 1. The van der Waals surface area contributed by atoms with Crippen molar-refractivity contribution in [3.05, 3.63) is 42.0 Å². The lowest BCUT2D eigenvalue weighted by molar-refractivity contribution is 0.180. The molecule has 0 aliphatic rings. The van der Waals surface area contributed by atoms with Crippen LogP contribution in [-0.4, -0.2) is 11.8 Å². The Balaban J connectivity index is 0.00000121. The van der Waals surface area contributed by atoms with Gasteiger partial charge in [0.25, 0.3) is 0 Å². The molecule has 0 bridgehead atoms. The van der Waals surface area contributed by atoms with E-state index in [9.17, 15) is 0 Å². The summed E-state index contributed by atoms with van der Waals surface area (Å²) in [6, 6.07) is 9.95. The van der Waals surface area contributed by atoms with Crippen LogP contribution in [-0.2, 0) is 0 Å². The lowest BCUT2D eigenvalue weighted by Crippen LogP contribution is -2.04. The highest BCUT2D eigenvalue weighted by Crippen LogP contribution is 1.99. The van der Waals surface area contributed by atoms with Crippen molar-refractivity contribution < 1.29 is 5.21 Å². The summed E-state index contributed by atoms with van der Waals surface area (Å²) in [4.78, 5) is 0. The molecule has 3 nitrogen and oxygen atoms in total. The van der Waals surface area contributed by atoms with E-state index < -0.39 is 0 Å². The summed E-state index contributed by atoms with van der Waals surface area (Å²) < 4.78 is 0. The van der Waals surface area contributed by atoms with E-state index >= 15 is 0 Å². The first-order valence-corrected chi connectivity index (χ1v) is 3.52. The molecule has 3 heteroatoms. The van der Waals surface area contributed by atoms with Gasteiger partial charge in [0.2, 0.25) is 0 Å². The van der Waals surface area contributed by atoms with Crippen molar-refractivity contribution in [3.8, 4) is 0 Å². The minimum absolute atomic E-state index is 0. The number of nitrogens with one attached hydrogen (secondary N) is 1. The van der Waals surface area contributed by atoms with E-state index in [1.165, 1.54) is 0 Å². The lowest BCUT2D eigenvalue weighted by Gasteiger charge is -1.90. The Kier molecular flexibility index (Phi) is 5.91. The number of rotatable bonds is 3. The van der Waals surface area contributed by atoms with Gasteiger partial charge in [-0.1, -0.05) is 42.5 Å². The van der Waals surface area contributed by atoms with Crippen LogP contribution in [0.3, 0.4) is 0 Å². The SMILES string of the molecule is N.ONCC=Cc1ccccc1. The standard InChI is InChI=1S/C9H11NO.H3N/c11-10-8-4-7-9-5-2-1-3-6-9;/h1-7,10-11H,8H2;1H3. The monoisotopic (exact) mass is 166 g/mol. The highest BCUT2D eigenvalue weighted by atomic mass is 16.5. The van der Waals surface area contributed by atoms with Gasteiger partial charge in [0.05, 0.1) is 0 Å². The molecule has 1 rings (SSSR count). The smallest absolute Gasteiger partial charge is 0.0391 e. The molecule has 0 saturated carbocycles. The summed E-state index contributed by atoms with van der Waals surface area (Å²) in [5, 5.41) is 8.24. The quantitative estimate of drug-likeness (QED) is 0.600. The van der Waals surface area contributed by atoms with Crippen molar-refractivity contribution in [2.45, 2.75) is 0 Å². The maximum Gasteiger partial charge on any atom is 0.0391 e. The zero-order valence-corrected chi connectivity index (χ0v) is 6.90. The van der Waals surface area contributed by atoms with Crippen molar-refractivity contribution in [2.75, 3.05) is 6.54 Å². The molecular formula is C9H14N2O. The second-order valence-corrected chi connectivity index (χ2v) is 2.18. The van der Waals surface area contributed by atoms with Crippen LogP contribution in [0.2, 0.25) is 0 Å². The van der Waals surface area contributed by atoms with Gasteiger partial charge < -0.3 is 11.4 Å². The Morgan fingerprint density at radius 2 is 1.92 bits per heavy atom. The third-order valence-corrected chi connectivity index (χ3v) is 1.32. The molecular weight excluding hydrogens is 152 g/mol. The maximum absolute atomic E-state index is 8.24. The van der Waals surface area contributed by atoms with E-state index in [1.807, 2.05) is 42.5 Å². The first kappa shape index (κ1) is 10.8. The first-order chi connectivity index (χ1) is 5.43. The molecule has 0 spiro atoms. The van der Waals surface area contributed by atoms with Crippen LogP contribution in [0.1, 0.15) is 5.56 Å². The topological polar surface area (TPSA) is 67.3 Å². The molecule has 5 N–H and O–H groups in total. The molecule has 0 amide bonds. The van der Waals surface area contributed by atoms with Crippen molar-refractivity contribution >= 4 is 6.08 Å². The van der Waals surface area contributed by atoms with Crippen LogP contribution >= 0.6 is 0 Å². The van der Waals surface area contributed by atoms with Crippen molar-refractivity contribution in [1.82, 2.24) is 11.6 Å². The minimum atomic E-state index is 0. The van der Waals surface area contributed by atoms with Crippen LogP contribution < -0.4 is 11.6 Å². The molecule has 0 unspecified atom stereocenters. The van der Waals surface area contributed by atoms with Gasteiger partial charge >= 0.3 is 0 Å². The Morgan fingerprint density at radius 3 is 2.50 bits per heavy atom. The third kappa shape index (κ3) is 3.88. The number of hydrogen-bond acceptors (Lipinski definition) is 3. The van der Waals surface area contributed by atoms with Crippen molar-refractivity contribution in [1.29, 1.82) is 0 Å². The molecule has 0 saturated heterocycles. The molecule has 0 atom stereocenters. The molecule has 66 valence electrons. The molecule has 0 aromatic heterocycles. The fourth-order valence-electron chi connectivity index (χ4n) is 0.812. The molecule has 0 radical (unpaired) electrons. The van der Waals surface area contributed by atoms with E-state index in [-0.39, 0.29) is 6.15 Å². The van der Waals surface area contributed by atoms with Gasteiger partial charge in [-0.3, -0.25) is 0 Å². The molecule has 0 aliphatic heterocycles. The zero-order valence-electron chi connectivity index (χ0n) is 6.90. The van der Waals surface area contributed by atoms with Gasteiger partial charge in [0, 0.05) is 6.54 Å². The molecule has 12 heavy (non-hydrogen) atoms. The maximum atomic E-state index is 8.24. The summed E-state index contributed by atoms with van der Waals surface area (Å²) in [6.07, 6.45) is 3.80. The largest absolute Gasteiger partial charge is 0.344 e. The van der Waals surface area contributed by atoms with Crippen molar-refractivity contribution in [3.63, 3.8) is 0 Å². The fraction of sp³-hybridized carbons (Fsp3) is 0.111. The summed E-state index contributed by atoms with van der Waals surface area (Å²) >= 11 is 0. The Bertz CT molecular complexity index is 221. The second-order valence-electron chi connectivity index (χ2n) is 2.18. The van der Waals surface area contributed by atoms with Crippen LogP contribution in [0.15, 0.2) is 36.4 Å². The summed E-state index contributed by atoms with van der Waals surface area (Å²) in [6.45, 7) is 0.481. The van der Waals surface area contributed by atoms with Gasteiger partial charge in [0.15, 0.2) is 0 Å². The van der Waals surface area contributed by atoms with Crippen LogP contribution in [0.4, 0.5) is 0 Å². The van der Waals surface area contributed by atoms with Gasteiger partial charge in [-0.2, -0.15) is 0 Å². The zero-order chi connectivity index (χ0) is 7.94. The highest BCUT2D eigenvalue weighted by Gasteiger charge is 1.80. The van der Waals surface area contributed by atoms with Crippen LogP contribution in [0.25, 0.3) is 6.08 Å². The van der Waals surface area contributed by atoms with E-state index in [2.05, 4.69) is 5.48 Å². The summed E-state index contributed by atoms with van der Waals surface area (Å²) in [5.74, 6) is 0. The molecule has 0 fully saturated rings. The van der Waals surface area contributed by atoms with Gasteiger partial charge in [-0.15, -0.1) is 0 Å². The molecule has 1 aromatic carbocycles. The lowest BCUT2D eigenvalue weighted by atomic mass is 10.2. The average Bonchev–Trinajstić information content (AvgIpc) is 2.07. The van der Waals surface area contributed by atoms with Crippen LogP contribution in [0, 0.1) is 0 Å². The van der Waals surface area contributed by atoms with Gasteiger partial charge in [-0.25, -0.2) is 5.48 Å². The van der Waals surface area contributed by atoms with Crippen molar-refractivity contribution in [2.24, 2.45) is 0 Å². The van der Waals surface area contributed by atoms with Crippen LogP contribution in [0.5, 0.6) is 0 Å². The number of hydroxylamine groups is 1. The summed E-state index contributed by atoms with van der Waals surface area (Å²) in [7, 11) is 0. The Hall–Kier alpha value is -1.16. The Morgan fingerprint density at radius 1 is 1.25 bits per heavy atom. The normalized spacial score (nSPS) is 9.75. The first-order valence-electron chi connectivity index (χ1n) is 3.52. The highest BCUT2D eigenvalue weighted by molar-refractivity contribution is 5.48. The molecule has 0 heterocycles. The Labute approximate surface area is 72.3 Å². The predicted octanol–water partition coefficient (Wildman–Crippen LogP) is 1.84. The average molecular weight is 166 g/mol. The second kappa shape index (κ2) is 6.54. The fourth-order valence-corrected chi connectivity index (χ4v) is 0.812. The van der Waals surface area contributed by atoms with E-state index in [0.717, 1.165) is 5.56 Å². The molecule has 0 aliphatic carbocycles. The third-order valence-electron chi connectivity index (χ3n) is 1.32. The predicted molar refractivity (Wildman–Crippen MR) is 50.3 cm³/mol. The van der Waals surface area contributed by atoms with Gasteiger partial charge in [0.1, 0.15) is 0 Å². The van der Waals surface area contributed by atoms with E-state index in [0.29, 0.717) is 6.54 Å². The van der Waals surface area contributed by atoms with Gasteiger partial charge in [-0.05, 0) is 5.56 Å². The van der Waals surface area contributed by atoms with E-state index in [1.54, 1.807) is 0 Å².